The fourth-order valence-electron chi connectivity index (χ4n) is 2.87. The van der Waals surface area contributed by atoms with Crippen LogP contribution in [0, 0.1) is 0 Å². The molecule has 0 saturated heterocycles. The lowest BCUT2D eigenvalue weighted by atomic mass is 9.98. The summed E-state index contributed by atoms with van der Waals surface area (Å²) in [5, 5.41) is 5.90. The highest BCUT2D eigenvalue weighted by Crippen LogP contribution is 2.24. The predicted molar refractivity (Wildman–Crippen MR) is 110 cm³/mol. The first kappa shape index (κ1) is 21.4. The summed E-state index contributed by atoms with van der Waals surface area (Å²) in [6.07, 6.45) is 0.885. The van der Waals surface area contributed by atoms with E-state index < -0.39 is 0 Å². The van der Waals surface area contributed by atoms with Crippen molar-refractivity contribution < 1.29 is 14.3 Å². The third-order valence-electron chi connectivity index (χ3n) is 4.29. The average molecular weight is 383 g/mol. The molecule has 2 rings (SSSR count). The molecule has 6 heteroatoms. The van der Waals surface area contributed by atoms with E-state index in [0.29, 0.717) is 6.54 Å². The maximum Gasteiger partial charge on any atom is 0.234 e. The summed E-state index contributed by atoms with van der Waals surface area (Å²) in [5.41, 5.74) is 1.95. The number of rotatable bonds is 10. The summed E-state index contributed by atoms with van der Waals surface area (Å²) in [5.74, 6) is 0.544. The first-order valence-corrected chi connectivity index (χ1v) is 9.47. The van der Waals surface area contributed by atoms with Crippen LogP contribution in [0.5, 0.6) is 5.75 Å². The lowest BCUT2D eigenvalue weighted by molar-refractivity contribution is -0.124. The van der Waals surface area contributed by atoms with Gasteiger partial charge in [-0.15, -0.1) is 0 Å². The smallest absolute Gasteiger partial charge is 0.234 e. The van der Waals surface area contributed by atoms with Crippen LogP contribution in [-0.2, 0) is 9.59 Å². The Morgan fingerprint density at radius 3 is 2.18 bits per heavy atom. The van der Waals surface area contributed by atoms with Crippen LogP contribution in [-0.4, -0.2) is 50.5 Å². The molecule has 0 fully saturated rings. The number of carbonyl (C=O) groups is 2. The van der Waals surface area contributed by atoms with Gasteiger partial charge in [0.2, 0.25) is 11.8 Å². The zero-order valence-corrected chi connectivity index (χ0v) is 16.8. The first-order chi connectivity index (χ1) is 13.5. The number of hydrogen-bond acceptors (Lipinski definition) is 4. The third-order valence-corrected chi connectivity index (χ3v) is 4.29. The van der Waals surface area contributed by atoms with Crippen molar-refractivity contribution in [3.63, 3.8) is 0 Å². The van der Waals surface area contributed by atoms with Crippen LogP contribution in [0.3, 0.4) is 0 Å². The minimum absolute atomic E-state index is 0.0769. The molecule has 0 aliphatic heterocycles. The number of benzene rings is 2. The van der Waals surface area contributed by atoms with Crippen molar-refractivity contribution in [3.05, 3.63) is 65.7 Å². The van der Waals surface area contributed by atoms with Gasteiger partial charge in [0, 0.05) is 6.54 Å². The Kier molecular flexibility index (Phi) is 8.49. The van der Waals surface area contributed by atoms with Gasteiger partial charge >= 0.3 is 0 Å². The number of nitrogens with zero attached hydrogens (tertiary/aromatic N) is 1. The molecule has 2 aromatic carbocycles. The number of ether oxygens (including phenoxy) is 1. The van der Waals surface area contributed by atoms with E-state index in [4.69, 9.17) is 4.74 Å². The number of carbonyl (C=O) groups excluding carboxylic acids is 2. The molecule has 28 heavy (non-hydrogen) atoms. The molecule has 0 spiro atoms. The number of hydrogen-bond donors (Lipinski definition) is 2. The van der Waals surface area contributed by atoms with Crippen molar-refractivity contribution in [2.24, 2.45) is 0 Å². The quantitative estimate of drug-likeness (QED) is 0.661. The summed E-state index contributed by atoms with van der Waals surface area (Å²) in [7, 11) is 3.38. The molecule has 2 aromatic rings. The van der Waals surface area contributed by atoms with Crippen molar-refractivity contribution in [2.45, 2.75) is 19.4 Å². The third kappa shape index (κ3) is 6.70. The number of methoxy groups -OCH3 is 1. The summed E-state index contributed by atoms with van der Waals surface area (Å²) in [4.78, 5) is 26.1. The van der Waals surface area contributed by atoms with E-state index in [2.05, 4.69) is 10.6 Å². The second-order valence-corrected chi connectivity index (χ2v) is 6.71. The molecule has 0 bridgehead atoms. The lowest BCUT2D eigenvalue weighted by Crippen LogP contribution is -2.42. The van der Waals surface area contributed by atoms with Crippen molar-refractivity contribution >= 4 is 11.8 Å². The standard InChI is InChI=1S/C22H29N3O3/c1-4-14-23-20(26)15-25(2)16-21(27)24-22(17-8-6-5-7-9-17)18-10-12-19(28-3)13-11-18/h5-13,22H,4,14-16H2,1-3H3,(H,23,26)(H,24,27)/t22-/m0/s1. The predicted octanol–water partition coefficient (Wildman–Crippen LogP) is 2.36. The molecule has 0 aliphatic rings. The Balaban J connectivity index is 2.05. The molecule has 6 nitrogen and oxygen atoms in total. The highest BCUT2D eigenvalue weighted by Gasteiger charge is 2.18. The van der Waals surface area contributed by atoms with Gasteiger partial charge in [-0.3, -0.25) is 14.5 Å². The Morgan fingerprint density at radius 2 is 1.57 bits per heavy atom. The summed E-state index contributed by atoms with van der Waals surface area (Å²) < 4.78 is 5.22. The topological polar surface area (TPSA) is 70.7 Å². The van der Waals surface area contributed by atoms with E-state index in [1.165, 1.54) is 0 Å². The van der Waals surface area contributed by atoms with Crippen LogP contribution in [0.4, 0.5) is 0 Å². The monoisotopic (exact) mass is 383 g/mol. The Morgan fingerprint density at radius 1 is 0.964 bits per heavy atom. The van der Waals surface area contributed by atoms with Crippen LogP contribution in [0.15, 0.2) is 54.6 Å². The summed E-state index contributed by atoms with van der Waals surface area (Å²) in [6.45, 7) is 2.97. The molecular weight excluding hydrogens is 354 g/mol. The van der Waals surface area contributed by atoms with Gasteiger partial charge in [-0.05, 0) is 36.7 Å². The minimum Gasteiger partial charge on any atom is -0.497 e. The molecule has 0 saturated carbocycles. The van der Waals surface area contributed by atoms with Gasteiger partial charge in [-0.2, -0.15) is 0 Å². The van der Waals surface area contributed by atoms with E-state index in [0.717, 1.165) is 23.3 Å². The van der Waals surface area contributed by atoms with Gasteiger partial charge < -0.3 is 15.4 Å². The van der Waals surface area contributed by atoms with Crippen molar-refractivity contribution in [3.8, 4) is 5.75 Å². The van der Waals surface area contributed by atoms with E-state index in [1.807, 2.05) is 61.5 Å². The van der Waals surface area contributed by atoms with Gasteiger partial charge in [0.15, 0.2) is 0 Å². The maximum atomic E-state index is 12.6. The molecule has 0 radical (unpaired) electrons. The van der Waals surface area contributed by atoms with Gasteiger partial charge in [0.1, 0.15) is 5.75 Å². The van der Waals surface area contributed by atoms with Gasteiger partial charge in [0.25, 0.3) is 0 Å². The zero-order valence-electron chi connectivity index (χ0n) is 16.8. The highest BCUT2D eigenvalue weighted by molar-refractivity contribution is 5.81. The van der Waals surface area contributed by atoms with Crippen LogP contribution >= 0.6 is 0 Å². The summed E-state index contributed by atoms with van der Waals surface area (Å²) >= 11 is 0. The van der Waals surface area contributed by atoms with E-state index in [9.17, 15) is 9.59 Å². The Bertz CT molecular complexity index is 747. The number of amides is 2. The fraction of sp³-hybridized carbons (Fsp3) is 0.364. The van der Waals surface area contributed by atoms with Crippen LogP contribution < -0.4 is 15.4 Å². The molecule has 0 unspecified atom stereocenters. The fourth-order valence-corrected chi connectivity index (χ4v) is 2.87. The second kappa shape index (κ2) is 11.1. The van der Waals surface area contributed by atoms with E-state index in [1.54, 1.807) is 19.1 Å². The van der Waals surface area contributed by atoms with Crippen molar-refractivity contribution in [1.29, 1.82) is 0 Å². The van der Waals surface area contributed by atoms with E-state index >= 15 is 0 Å². The SMILES string of the molecule is CCCNC(=O)CN(C)CC(=O)N[C@@H](c1ccccc1)c1ccc(OC)cc1. The van der Waals surface area contributed by atoms with Crippen LogP contribution in [0.25, 0.3) is 0 Å². The average Bonchev–Trinajstić information content (AvgIpc) is 2.71. The van der Waals surface area contributed by atoms with Gasteiger partial charge in [0.05, 0.1) is 26.2 Å². The minimum atomic E-state index is -0.276. The van der Waals surface area contributed by atoms with Crippen molar-refractivity contribution in [2.75, 3.05) is 33.8 Å². The molecule has 0 heterocycles. The molecule has 150 valence electrons. The molecule has 2 amide bonds. The maximum absolute atomic E-state index is 12.6. The molecule has 0 aliphatic carbocycles. The Hall–Kier alpha value is -2.86. The van der Waals surface area contributed by atoms with Crippen LogP contribution in [0.2, 0.25) is 0 Å². The second-order valence-electron chi connectivity index (χ2n) is 6.71. The highest BCUT2D eigenvalue weighted by atomic mass is 16.5. The molecule has 2 N–H and O–H groups in total. The Labute approximate surface area is 166 Å². The molecule has 0 aromatic heterocycles. The zero-order chi connectivity index (χ0) is 20.4. The lowest BCUT2D eigenvalue weighted by Gasteiger charge is -2.22. The molecular formula is C22H29N3O3. The largest absolute Gasteiger partial charge is 0.497 e. The first-order valence-electron chi connectivity index (χ1n) is 9.47. The summed E-state index contributed by atoms with van der Waals surface area (Å²) in [6, 6.07) is 17.2. The van der Waals surface area contributed by atoms with E-state index in [-0.39, 0.29) is 30.9 Å². The molecule has 1 atom stereocenters. The normalized spacial score (nSPS) is 11.7. The number of nitrogens with one attached hydrogen (secondary N) is 2. The number of likely N-dealkylation sites (N-methyl/N-ethyl adjacent to an activating group) is 1. The van der Waals surface area contributed by atoms with Gasteiger partial charge in [-0.25, -0.2) is 0 Å². The van der Waals surface area contributed by atoms with Crippen molar-refractivity contribution in [1.82, 2.24) is 15.5 Å². The van der Waals surface area contributed by atoms with Gasteiger partial charge in [-0.1, -0.05) is 49.4 Å². The van der Waals surface area contributed by atoms with Crippen LogP contribution in [0.1, 0.15) is 30.5 Å².